The molecule has 160 valence electrons. The van der Waals surface area contributed by atoms with Crippen LogP contribution in [0.5, 0.6) is 0 Å². The summed E-state index contributed by atoms with van der Waals surface area (Å²) in [7, 11) is -2.56. The van der Waals surface area contributed by atoms with E-state index < -0.39 is 21.9 Å². The first-order chi connectivity index (χ1) is 14.7. The van der Waals surface area contributed by atoms with Crippen molar-refractivity contribution in [3.8, 4) is 0 Å². The minimum atomic E-state index is -3.82. The molecular formula is C23H22N2O5S. The minimum absolute atomic E-state index is 0.124. The van der Waals surface area contributed by atoms with Gasteiger partial charge in [-0.15, -0.1) is 0 Å². The van der Waals surface area contributed by atoms with Gasteiger partial charge < -0.3 is 10.1 Å². The Morgan fingerprint density at radius 3 is 2.10 bits per heavy atom. The van der Waals surface area contributed by atoms with Gasteiger partial charge in [-0.25, -0.2) is 13.2 Å². The van der Waals surface area contributed by atoms with Gasteiger partial charge in [0.25, 0.3) is 15.9 Å². The molecule has 0 saturated carbocycles. The highest BCUT2D eigenvalue weighted by Crippen LogP contribution is 2.24. The Hall–Kier alpha value is -3.65. The summed E-state index contributed by atoms with van der Waals surface area (Å²) in [5, 5.41) is 2.69. The van der Waals surface area contributed by atoms with Crippen LogP contribution in [0.3, 0.4) is 0 Å². The van der Waals surface area contributed by atoms with Crippen LogP contribution in [0, 0.1) is 13.8 Å². The molecule has 0 aliphatic rings. The Balaban J connectivity index is 1.88. The first-order valence-corrected chi connectivity index (χ1v) is 10.9. The highest BCUT2D eigenvalue weighted by molar-refractivity contribution is 7.92. The third-order valence-corrected chi connectivity index (χ3v) is 6.12. The molecule has 3 rings (SSSR count). The predicted molar refractivity (Wildman–Crippen MR) is 119 cm³/mol. The average molecular weight is 439 g/mol. The second-order valence-corrected chi connectivity index (χ2v) is 8.57. The van der Waals surface area contributed by atoms with Crippen molar-refractivity contribution >= 4 is 33.3 Å². The monoisotopic (exact) mass is 438 g/mol. The summed E-state index contributed by atoms with van der Waals surface area (Å²) in [6, 6.07) is 17.7. The van der Waals surface area contributed by atoms with Crippen LogP contribution >= 0.6 is 0 Å². The fraction of sp³-hybridized carbons (Fsp3) is 0.130. The molecule has 0 unspecified atom stereocenters. The number of aryl methyl sites for hydroxylation is 1. The third-order valence-electron chi connectivity index (χ3n) is 4.73. The molecule has 0 atom stereocenters. The number of carbonyl (C=O) groups is 2. The average Bonchev–Trinajstić information content (AvgIpc) is 2.75. The molecule has 0 bridgehead atoms. The molecule has 3 aromatic carbocycles. The predicted octanol–water partition coefficient (Wildman–Crippen LogP) is 4.14. The Morgan fingerprint density at radius 1 is 0.806 bits per heavy atom. The quantitative estimate of drug-likeness (QED) is 0.563. The maximum Gasteiger partial charge on any atom is 0.339 e. The van der Waals surface area contributed by atoms with Gasteiger partial charge in [0.2, 0.25) is 0 Å². The fourth-order valence-electron chi connectivity index (χ4n) is 2.98. The lowest BCUT2D eigenvalue weighted by molar-refractivity contribution is 0.0602. The van der Waals surface area contributed by atoms with Gasteiger partial charge in [-0.2, -0.15) is 0 Å². The van der Waals surface area contributed by atoms with Crippen LogP contribution in [0.1, 0.15) is 31.8 Å². The Labute approximate surface area is 181 Å². The van der Waals surface area contributed by atoms with Crippen molar-refractivity contribution < 1.29 is 22.7 Å². The summed E-state index contributed by atoms with van der Waals surface area (Å²) in [6.45, 7) is 3.52. The van der Waals surface area contributed by atoms with Crippen molar-refractivity contribution in [1.82, 2.24) is 0 Å². The molecule has 8 heteroatoms. The van der Waals surface area contributed by atoms with Gasteiger partial charge in [-0.1, -0.05) is 35.9 Å². The topological polar surface area (TPSA) is 102 Å². The van der Waals surface area contributed by atoms with Gasteiger partial charge in [0.1, 0.15) is 0 Å². The van der Waals surface area contributed by atoms with Gasteiger partial charge >= 0.3 is 5.97 Å². The summed E-state index contributed by atoms with van der Waals surface area (Å²) in [4.78, 5) is 24.9. The van der Waals surface area contributed by atoms with Crippen molar-refractivity contribution in [2.24, 2.45) is 0 Å². The molecule has 0 aliphatic heterocycles. The molecule has 31 heavy (non-hydrogen) atoms. The van der Waals surface area contributed by atoms with Gasteiger partial charge in [-0.05, 0) is 55.8 Å². The molecule has 0 aromatic heterocycles. The maximum atomic E-state index is 12.9. The summed E-state index contributed by atoms with van der Waals surface area (Å²) in [5.41, 5.74) is 2.46. The number of amides is 1. The smallest absolute Gasteiger partial charge is 0.339 e. The summed E-state index contributed by atoms with van der Waals surface area (Å²) < 4.78 is 32.7. The number of benzene rings is 3. The fourth-order valence-corrected chi connectivity index (χ4v) is 4.11. The Bertz CT molecular complexity index is 1240. The van der Waals surface area contributed by atoms with E-state index in [2.05, 4.69) is 10.0 Å². The van der Waals surface area contributed by atoms with E-state index in [1.54, 1.807) is 61.5 Å². The highest BCUT2D eigenvalue weighted by Gasteiger charge is 2.19. The zero-order valence-corrected chi connectivity index (χ0v) is 18.1. The number of carbonyl (C=O) groups excluding carboxylic acids is 2. The van der Waals surface area contributed by atoms with Crippen molar-refractivity contribution in [2.75, 3.05) is 17.1 Å². The van der Waals surface area contributed by atoms with Crippen molar-refractivity contribution in [1.29, 1.82) is 0 Å². The molecule has 0 saturated heterocycles. The number of esters is 1. The van der Waals surface area contributed by atoms with E-state index >= 15 is 0 Å². The second-order valence-electron chi connectivity index (χ2n) is 6.89. The lowest BCUT2D eigenvalue weighted by atomic mass is 10.1. The van der Waals surface area contributed by atoms with Crippen LogP contribution in [0.2, 0.25) is 0 Å². The van der Waals surface area contributed by atoms with Crippen LogP contribution in [-0.4, -0.2) is 27.4 Å². The first-order valence-electron chi connectivity index (χ1n) is 9.40. The van der Waals surface area contributed by atoms with Crippen LogP contribution in [-0.2, 0) is 14.8 Å². The number of hydrogen-bond donors (Lipinski definition) is 2. The van der Waals surface area contributed by atoms with Gasteiger partial charge in [-0.3, -0.25) is 9.52 Å². The lowest BCUT2D eigenvalue weighted by Crippen LogP contribution is -2.18. The van der Waals surface area contributed by atoms with Crippen LogP contribution in [0.25, 0.3) is 0 Å². The maximum absolute atomic E-state index is 12.9. The number of sulfonamides is 1. The van der Waals surface area contributed by atoms with Crippen LogP contribution in [0.15, 0.2) is 71.6 Å². The number of anilines is 2. The summed E-state index contributed by atoms with van der Waals surface area (Å²) in [6.07, 6.45) is 0. The second kappa shape index (κ2) is 9.01. The molecule has 7 nitrogen and oxygen atoms in total. The van der Waals surface area contributed by atoms with Gasteiger partial charge in [0.15, 0.2) is 0 Å². The molecule has 0 aliphatic carbocycles. The Kier molecular flexibility index (Phi) is 6.41. The number of methoxy groups -OCH3 is 1. The van der Waals surface area contributed by atoms with E-state index in [1.165, 1.54) is 19.2 Å². The highest BCUT2D eigenvalue weighted by atomic mass is 32.2. The number of nitrogens with one attached hydrogen (secondary N) is 2. The molecule has 2 N–H and O–H groups in total. The molecule has 0 heterocycles. The van der Waals surface area contributed by atoms with Gasteiger partial charge in [0.05, 0.1) is 28.9 Å². The standard InChI is InChI=1S/C23H22N2O5S/c1-15-11-13-17(14-12-15)31(28,29)25-20-10-6-8-18(16(20)2)22(26)24-21-9-5-4-7-19(21)23(27)30-3/h4-14,25H,1-3H3,(H,24,26). The van der Waals surface area contributed by atoms with Crippen molar-refractivity contribution in [2.45, 2.75) is 18.7 Å². The lowest BCUT2D eigenvalue weighted by Gasteiger charge is -2.15. The number of ether oxygens (including phenoxy) is 1. The first kappa shape index (κ1) is 22.0. The molecule has 0 fully saturated rings. The third kappa shape index (κ3) is 4.92. The number of hydrogen-bond acceptors (Lipinski definition) is 5. The van der Waals surface area contributed by atoms with E-state index in [0.717, 1.165) is 5.56 Å². The zero-order valence-electron chi connectivity index (χ0n) is 17.3. The van der Waals surface area contributed by atoms with E-state index in [4.69, 9.17) is 4.74 Å². The zero-order chi connectivity index (χ0) is 22.6. The van der Waals surface area contributed by atoms with E-state index in [-0.39, 0.29) is 21.7 Å². The van der Waals surface area contributed by atoms with E-state index in [0.29, 0.717) is 11.3 Å². The van der Waals surface area contributed by atoms with Crippen molar-refractivity contribution in [3.63, 3.8) is 0 Å². The molecular weight excluding hydrogens is 416 g/mol. The van der Waals surface area contributed by atoms with Crippen LogP contribution in [0.4, 0.5) is 11.4 Å². The molecule has 1 amide bonds. The van der Waals surface area contributed by atoms with Crippen molar-refractivity contribution in [3.05, 3.63) is 89.0 Å². The number of para-hydroxylation sites is 1. The van der Waals surface area contributed by atoms with E-state index in [9.17, 15) is 18.0 Å². The molecule has 0 radical (unpaired) electrons. The largest absolute Gasteiger partial charge is 0.465 e. The normalized spacial score (nSPS) is 10.9. The SMILES string of the molecule is COC(=O)c1ccccc1NC(=O)c1cccc(NS(=O)(=O)c2ccc(C)cc2)c1C. The minimum Gasteiger partial charge on any atom is -0.465 e. The van der Waals surface area contributed by atoms with E-state index in [1.807, 2.05) is 6.92 Å². The summed E-state index contributed by atoms with van der Waals surface area (Å²) in [5.74, 6) is -1.06. The van der Waals surface area contributed by atoms with Gasteiger partial charge in [0, 0.05) is 5.56 Å². The molecule has 0 spiro atoms. The Morgan fingerprint density at radius 2 is 1.42 bits per heavy atom. The molecule has 3 aromatic rings. The number of rotatable bonds is 6. The summed E-state index contributed by atoms with van der Waals surface area (Å²) >= 11 is 0. The van der Waals surface area contributed by atoms with Crippen LogP contribution < -0.4 is 10.0 Å².